The molecule has 3 aromatic rings. The summed E-state index contributed by atoms with van der Waals surface area (Å²) in [6.45, 7) is 0.456. The molecule has 1 aliphatic rings. The molecule has 1 aliphatic heterocycles. The van der Waals surface area contributed by atoms with Gasteiger partial charge >= 0.3 is 0 Å². The predicted molar refractivity (Wildman–Crippen MR) is 100 cm³/mol. The molecule has 0 aliphatic carbocycles. The van der Waals surface area contributed by atoms with Gasteiger partial charge in [-0.1, -0.05) is 0 Å². The molecule has 5 N–H and O–H groups in total. The minimum Gasteiger partial charge on any atom is -0.387 e. The van der Waals surface area contributed by atoms with Crippen molar-refractivity contribution in [2.45, 2.75) is 31.1 Å². The molecule has 27 heavy (non-hydrogen) atoms. The summed E-state index contributed by atoms with van der Waals surface area (Å²) in [5.74, 6) is -0.0794. The zero-order chi connectivity index (χ0) is 19.1. The molecule has 0 radical (unpaired) electrons. The van der Waals surface area contributed by atoms with E-state index in [2.05, 4.69) is 30.9 Å². The Morgan fingerprint density at radius 2 is 2.26 bits per heavy atom. The van der Waals surface area contributed by atoms with Crippen LogP contribution in [0.5, 0.6) is 0 Å². The highest BCUT2D eigenvalue weighted by atomic mass is 79.9. The first-order valence-electron chi connectivity index (χ1n) is 7.98. The van der Waals surface area contributed by atoms with E-state index in [-0.39, 0.29) is 23.7 Å². The monoisotopic (exact) mass is 457 g/mol. The molecule has 0 aromatic carbocycles. The Morgan fingerprint density at radius 1 is 1.44 bits per heavy atom. The quantitative estimate of drug-likeness (QED) is 0.429. The predicted octanol–water partition coefficient (Wildman–Crippen LogP) is 0.362. The van der Waals surface area contributed by atoms with Crippen molar-refractivity contribution in [2.24, 2.45) is 0 Å². The minimum absolute atomic E-state index is 0.0671. The first-order chi connectivity index (χ1) is 12.9. The zero-order valence-electron chi connectivity index (χ0n) is 13.8. The van der Waals surface area contributed by atoms with Crippen LogP contribution in [0.15, 0.2) is 27.0 Å². The van der Waals surface area contributed by atoms with Gasteiger partial charge in [0.2, 0.25) is 5.95 Å². The van der Waals surface area contributed by atoms with Crippen LogP contribution in [-0.2, 0) is 16.1 Å². The lowest BCUT2D eigenvalue weighted by Crippen LogP contribution is -2.33. The summed E-state index contributed by atoms with van der Waals surface area (Å²) in [4.78, 5) is 23.3. The van der Waals surface area contributed by atoms with Gasteiger partial charge in [0.15, 0.2) is 17.4 Å². The van der Waals surface area contributed by atoms with Gasteiger partial charge in [0.05, 0.1) is 19.5 Å². The molecule has 0 saturated carbocycles. The molecule has 10 nitrogen and oxygen atoms in total. The van der Waals surface area contributed by atoms with Crippen molar-refractivity contribution in [1.29, 1.82) is 0 Å². The van der Waals surface area contributed by atoms with E-state index in [0.717, 1.165) is 9.35 Å². The fourth-order valence-electron chi connectivity index (χ4n) is 2.93. The van der Waals surface area contributed by atoms with Crippen LogP contribution < -0.4 is 11.3 Å². The van der Waals surface area contributed by atoms with Crippen LogP contribution in [-0.4, -0.2) is 54.7 Å². The summed E-state index contributed by atoms with van der Waals surface area (Å²) in [5, 5.41) is 22.6. The first kappa shape index (κ1) is 18.5. The molecule has 4 heterocycles. The van der Waals surface area contributed by atoms with Crippen LogP contribution in [0, 0.1) is 0 Å². The summed E-state index contributed by atoms with van der Waals surface area (Å²) < 4.78 is 13.7. The number of H-pyrrole nitrogens is 1. The molecule has 0 spiro atoms. The van der Waals surface area contributed by atoms with E-state index in [9.17, 15) is 15.0 Å². The van der Waals surface area contributed by atoms with Gasteiger partial charge in [-0.3, -0.25) is 14.3 Å². The van der Waals surface area contributed by atoms with E-state index < -0.39 is 30.1 Å². The maximum Gasteiger partial charge on any atom is 0.280 e. The number of ether oxygens (including phenoxy) is 2. The number of nitrogens with one attached hydrogen (secondary N) is 1. The van der Waals surface area contributed by atoms with Crippen molar-refractivity contribution in [3.05, 3.63) is 37.5 Å². The number of aliphatic hydroxyl groups excluding tert-OH is 2. The van der Waals surface area contributed by atoms with Gasteiger partial charge in [0.1, 0.15) is 18.3 Å². The van der Waals surface area contributed by atoms with Crippen LogP contribution in [0.3, 0.4) is 0 Å². The Bertz CT molecular complexity index is 1020. The van der Waals surface area contributed by atoms with E-state index in [1.165, 1.54) is 10.9 Å². The Labute approximate surface area is 164 Å². The number of nitrogens with zero attached hydrogens (tertiary/aromatic N) is 3. The summed E-state index contributed by atoms with van der Waals surface area (Å²) in [6.07, 6.45) is -2.80. The molecule has 144 valence electrons. The van der Waals surface area contributed by atoms with E-state index in [4.69, 9.17) is 15.2 Å². The number of thiophene rings is 1. The number of aromatic amines is 1. The zero-order valence-corrected chi connectivity index (χ0v) is 16.2. The largest absolute Gasteiger partial charge is 0.387 e. The first-order valence-corrected chi connectivity index (χ1v) is 9.66. The van der Waals surface area contributed by atoms with E-state index in [1.807, 2.05) is 11.4 Å². The van der Waals surface area contributed by atoms with Gasteiger partial charge in [0, 0.05) is 14.7 Å². The van der Waals surface area contributed by atoms with E-state index >= 15 is 0 Å². The van der Waals surface area contributed by atoms with Crippen LogP contribution in [0.2, 0.25) is 0 Å². The average molecular weight is 458 g/mol. The number of aliphatic hydroxyl groups is 2. The van der Waals surface area contributed by atoms with Crippen LogP contribution in [0.1, 0.15) is 11.1 Å². The third-order valence-corrected chi connectivity index (χ3v) is 5.88. The second-order valence-corrected chi connectivity index (χ2v) is 7.98. The topological polar surface area (TPSA) is 149 Å². The molecular formula is C15H16BrN5O5S. The average Bonchev–Trinajstić information content (AvgIpc) is 3.29. The standard InChI is InChI=1S/C15H16BrN5O5S/c16-6-1-7(27-4-6)2-25-3-8-10(22)11(23)14(26-8)21-5-18-9-12(21)19-15(17)20-13(9)24/h1,4-5,8,10-11,14,22-23H,2-3H2,(H3,17,19,20,24)/t8-,10-,11-,14-/m1/s1. The molecule has 0 bridgehead atoms. The van der Waals surface area contributed by atoms with Crippen molar-refractivity contribution in [3.63, 3.8) is 0 Å². The van der Waals surface area contributed by atoms with Crippen molar-refractivity contribution >= 4 is 44.4 Å². The number of nitrogens with two attached hydrogens (primary N) is 1. The van der Waals surface area contributed by atoms with Gasteiger partial charge in [-0.2, -0.15) is 4.98 Å². The number of halogens is 1. The van der Waals surface area contributed by atoms with Gasteiger partial charge in [-0.25, -0.2) is 4.98 Å². The summed E-state index contributed by atoms with van der Waals surface area (Å²) in [7, 11) is 0. The van der Waals surface area contributed by atoms with Gasteiger partial charge in [-0.05, 0) is 22.0 Å². The minimum atomic E-state index is -1.24. The Balaban J connectivity index is 1.49. The Kier molecular flexibility index (Phi) is 5.01. The highest BCUT2D eigenvalue weighted by molar-refractivity contribution is 9.10. The highest BCUT2D eigenvalue weighted by Gasteiger charge is 2.44. The number of hydrogen-bond acceptors (Lipinski definition) is 9. The summed E-state index contributed by atoms with van der Waals surface area (Å²) >= 11 is 4.92. The van der Waals surface area contributed by atoms with Crippen LogP contribution in [0.4, 0.5) is 5.95 Å². The van der Waals surface area contributed by atoms with Crippen molar-refractivity contribution < 1.29 is 19.7 Å². The maximum absolute atomic E-state index is 11.9. The molecular weight excluding hydrogens is 442 g/mol. The SMILES string of the molecule is Nc1nc2c(ncn2[C@@H]2O[C@H](COCc3cc(Br)cs3)[C@@H](O)[C@H]2O)c(=O)[nH]1. The third kappa shape index (κ3) is 3.51. The van der Waals surface area contributed by atoms with Crippen molar-refractivity contribution in [3.8, 4) is 0 Å². The summed E-state index contributed by atoms with van der Waals surface area (Å²) in [5.41, 5.74) is 5.32. The number of nitrogen functional groups attached to an aromatic ring is 1. The molecule has 0 unspecified atom stereocenters. The number of anilines is 1. The van der Waals surface area contributed by atoms with Crippen LogP contribution in [0.25, 0.3) is 11.2 Å². The Hall–Kier alpha value is -1.83. The number of imidazole rings is 1. The lowest BCUT2D eigenvalue weighted by Gasteiger charge is -2.16. The number of fused-ring (bicyclic) bond motifs is 1. The van der Waals surface area contributed by atoms with Crippen molar-refractivity contribution in [1.82, 2.24) is 19.5 Å². The molecule has 4 atom stereocenters. The lowest BCUT2D eigenvalue weighted by atomic mass is 10.1. The van der Waals surface area contributed by atoms with E-state index in [0.29, 0.717) is 6.61 Å². The van der Waals surface area contributed by atoms with Gasteiger partial charge < -0.3 is 25.4 Å². The number of aromatic nitrogens is 4. The molecule has 1 fully saturated rings. The van der Waals surface area contributed by atoms with Gasteiger partial charge in [-0.15, -0.1) is 11.3 Å². The fraction of sp³-hybridized carbons (Fsp3) is 0.400. The highest BCUT2D eigenvalue weighted by Crippen LogP contribution is 2.31. The third-order valence-electron chi connectivity index (χ3n) is 4.21. The maximum atomic E-state index is 11.9. The smallest absolute Gasteiger partial charge is 0.280 e. The molecule has 1 saturated heterocycles. The fourth-order valence-corrected chi connectivity index (χ4v) is 4.32. The normalized spacial score (nSPS) is 25.4. The molecule has 12 heteroatoms. The van der Waals surface area contributed by atoms with Gasteiger partial charge in [0.25, 0.3) is 5.56 Å². The van der Waals surface area contributed by atoms with Crippen molar-refractivity contribution in [2.75, 3.05) is 12.3 Å². The molecule has 0 amide bonds. The summed E-state index contributed by atoms with van der Waals surface area (Å²) in [6, 6.07) is 1.94. The number of hydrogen-bond donors (Lipinski definition) is 4. The molecule has 4 rings (SSSR count). The van der Waals surface area contributed by atoms with E-state index in [1.54, 1.807) is 11.3 Å². The Morgan fingerprint density at radius 3 is 3.00 bits per heavy atom. The lowest BCUT2D eigenvalue weighted by molar-refractivity contribution is -0.0679. The number of rotatable bonds is 5. The molecule has 3 aromatic heterocycles. The second-order valence-electron chi connectivity index (χ2n) is 6.07. The van der Waals surface area contributed by atoms with Crippen LogP contribution >= 0.6 is 27.3 Å². The second kappa shape index (κ2) is 7.30.